The summed E-state index contributed by atoms with van der Waals surface area (Å²) < 4.78 is 10.8. The summed E-state index contributed by atoms with van der Waals surface area (Å²) in [5.41, 5.74) is 1.31. The van der Waals surface area contributed by atoms with E-state index in [1.54, 1.807) is 18.4 Å². The Labute approximate surface area is 159 Å². The lowest BCUT2D eigenvalue weighted by molar-refractivity contribution is -0.126. The average Bonchev–Trinajstić information content (AvgIpc) is 3.07. The first-order valence-corrected chi connectivity index (χ1v) is 10.6. The maximum Gasteiger partial charge on any atom is 0.223 e. The van der Waals surface area contributed by atoms with E-state index in [0.717, 1.165) is 82.4 Å². The number of nitrogens with zero attached hydrogens (tertiary/aromatic N) is 2. The molecule has 1 aliphatic heterocycles. The SMILES string of the molecule is COCC1(CNC(=O)C2CCc3sc(N4CCOCC4)nc3C2)CCC1. The Bertz CT molecular complexity index is 638. The van der Waals surface area contributed by atoms with Crippen LogP contribution in [0.5, 0.6) is 0 Å². The molecule has 3 aliphatic rings. The van der Waals surface area contributed by atoms with Crippen molar-refractivity contribution in [2.24, 2.45) is 11.3 Å². The molecule has 4 rings (SSSR count). The van der Waals surface area contributed by atoms with Crippen molar-refractivity contribution in [2.45, 2.75) is 38.5 Å². The number of morpholine rings is 1. The van der Waals surface area contributed by atoms with Crippen molar-refractivity contribution >= 4 is 22.4 Å². The zero-order valence-electron chi connectivity index (χ0n) is 15.6. The van der Waals surface area contributed by atoms with Crippen molar-refractivity contribution in [3.05, 3.63) is 10.6 Å². The quantitative estimate of drug-likeness (QED) is 0.819. The number of hydrogen-bond acceptors (Lipinski definition) is 6. The molecule has 26 heavy (non-hydrogen) atoms. The second kappa shape index (κ2) is 7.82. The van der Waals surface area contributed by atoms with Crippen molar-refractivity contribution in [1.82, 2.24) is 10.3 Å². The van der Waals surface area contributed by atoms with Gasteiger partial charge in [-0.25, -0.2) is 4.98 Å². The van der Waals surface area contributed by atoms with Gasteiger partial charge in [0.25, 0.3) is 0 Å². The lowest BCUT2D eigenvalue weighted by Crippen LogP contribution is -2.47. The number of hydrogen-bond donors (Lipinski definition) is 1. The number of amides is 1. The molecule has 144 valence electrons. The molecule has 2 fully saturated rings. The van der Waals surface area contributed by atoms with Crippen LogP contribution in [0.3, 0.4) is 0 Å². The van der Waals surface area contributed by atoms with Crippen molar-refractivity contribution in [2.75, 3.05) is 51.5 Å². The van der Waals surface area contributed by atoms with Gasteiger partial charge in [0.2, 0.25) is 5.91 Å². The van der Waals surface area contributed by atoms with Gasteiger partial charge in [-0.15, -0.1) is 11.3 Å². The third kappa shape index (κ3) is 3.75. The van der Waals surface area contributed by atoms with Crippen LogP contribution in [0.25, 0.3) is 0 Å². The minimum Gasteiger partial charge on any atom is -0.384 e. The number of nitrogens with one attached hydrogen (secondary N) is 1. The van der Waals surface area contributed by atoms with Crippen molar-refractivity contribution < 1.29 is 14.3 Å². The lowest BCUT2D eigenvalue weighted by atomic mass is 9.69. The summed E-state index contributed by atoms with van der Waals surface area (Å²) in [6, 6.07) is 0. The van der Waals surface area contributed by atoms with Crippen LogP contribution in [0.2, 0.25) is 0 Å². The van der Waals surface area contributed by atoms with Gasteiger partial charge in [-0.2, -0.15) is 0 Å². The van der Waals surface area contributed by atoms with Gasteiger partial charge in [0.1, 0.15) is 0 Å². The van der Waals surface area contributed by atoms with Gasteiger partial charge in [-0.05, 0) is 25.7 Å². The summed E-state index contributed by atoms with van der Waals surface area (Å²) in [6.45, 7) is 4.88. The van der Waals surface area contributed by atoms with E-state index in [-0.39, 0.29) is 17.2 Å². The summed E-state index contributed by atoms with van der Waals surface area (Å²) in [7, 11) is 1.75. The number of aryl methyl sites for hydroxylation is 1. The zero-order chi connectivity index (χ0) is 18.0. The van der Waals surface area contributed by atoms with Gasteiger partial charge >= 0.3 is 0 Å². The summed E-state index contributed by atoms with van der Waals surface area (Å²) in [5.74, 6) is 0.251. The molecule has 1 atom stereocenters. The molecule has 7 heteroatoms. The van der Waals surface area contributed by atoms with E-state index in [1.807, 2.05) is 0 Å². The van der Waals surface area contributed by atoms with E-state index in [2.05, 4.69) is 10.2 Å². The standard InChI is InChI=1S/C19H29N3O3S/c1-24-13-19(5-2-6-19)12-20-17(23)14-3-4-16-15(11-14)21-18(26-16)22-7-9-25-10-8-22/h14H,2-13H2,1H3,(H,20,23). The summed E-state index contributed by atoms with van der Waals surface area (Å²) in [6.07, 6.45) is 6.24. The van der Waals surface area contributed by atoms with Gasteiger partial charge in [0.05, 0.1) is 25.5 Å². The zero-order valence-corrected chi connectivity index (χ0v) is 16.4. The number of carbonyl (C=O) groups is 1. The summed E-state index contributed by atoms with van der Waals surface area (Å²) in [5, 5.41) is 4.32. The molecule has 1 saturated heterocycles. The minimum atomic E-state index is 0.0572. The van der Waals surface area contributed by atoms with Gasteiger partial charge in [-0.3, -0.25) is 4.79 Å². The molecule has 1 N–H and O–H groups in total. The Morgan fingerprint density at radius 1 is 1.42 bits per heavy atom. The van der Waals surface area contributed by atoms with E-state index < -0.39 is 0 Å². The number of methoxy groups -OCH3 is 1. The number of carbonyl (C=O) groups excluding carboxylic acids is 1. The predicted molar refractivity (Wildman–Crippen MR) is 102 cm³/mol. The number of rotatable bonds is 6. The molecule has 0 aromatic carbocycles. The van der Waals surface area contributed by atoms with E-state index >= 15 is 0 Å². The van der Waals surface area contributed by atoms with Gasteiger partial charge in [-0.1, -0.05) is 6.42 Å². The Kier molecular flexibility index (Phi) is 5.47. The molecule has 0 bridgehead atoms. The topological polar surface area (TPSA) is 63.7 Å². The summed E-state index contributed by atoms with van der Waals surface area (Å²) >= 11 is 1.80. The van der Waals surface area contributed by atoms with Crippen molar-refractivity contribution in [3.8, 4) is 0 Å². The highest BCUT2D eigenvalue weighted by Crippen LogP contribution is 2.40. The third-order valence-electron chi connectivity index (χ3n) is 6.08. The van der Waals surface area contributed by atoms with E-state index in [1.165, 1.54) is 11.3 Å². The van der Waals surface area contributed by atoms with Gasteiger partial charge < -0.3 is 19.7 Å². The van der Waals surface area contributed by atoms with Gasteiger partial charge in [0.15, 0.2) is 5.13 Å². The number of thiazole rings is 1. The largest absolute Gasteiger partial charge is 0.384 e. The van der Waals surface area contributed by atoms with Crippen LogP contribution in [0, 0.1) is 11.3 Å². The monoisotopic (exact) mass is 379 g/mol. The molecule has 1 amide bonds. The molecule has 0 radical (unpaired) electrons. The summed E-state index contributed by atoms with van der Waals surface area (Å²) in [4.78, 5) is 21.2. The van der Waals surface area contributed by atoms with E-state index in [4.69, 9.17) is 14.5 Å². The molecule has 1 aromatic rings. The molecule has 1 saturated carbocycles. The van der Waals surface area contributed by atoms with Crippen molar-refractivity contribution in [3.63, 3.8) is 0 Å². The van der Waals surface area contributed by atoms with E-state index in [0.29, 0.717) is 0 Å². The van der Waals surface area contributed by atoms with Crippen LogP contribution >= 0.6 is 11.3 Å². The predicted octanol–water partition coefficient (Wildman–Crippen LogP) is 2.02. The molecular formula is C19H29N3O3S. The highest BCUT2D eigenvalue weighted by atomic mass is 32.1. The lowest BCUT2D eigenvalue weighted by Gasteiger charge is -2.41. The Balaban J connectivity index is 1.34. The normalized spacial score (nSPS) is 24.7. The second-order valence-corrected chi connectivity index (χ2v) is 8.97. The molecule has 2 aliphatic carbocycles. The average molecular weight is 380 g/mol. The van der Waals surface area contributed by atoms with Gasteiger partial charge in [0, 0.05) is 49.4 Å². The van der Waals surface area contributed by atoms with Crippen LogP contribution < -0.4 is 10.2 Å². The van der Waals surface area contributed by atoms with Crippen molar-refractivity contribution in [1.29, 1.82) is 0 Å². The van der Waals surface area contributed by atoms with Crippen LogP contribution in [0.15, 0.2) is 0 Å². The first kappa shape index (κ1) is 18.2. The fourth-order valence-electron chi connectivity index (χ4n) is 4.25. The smallest absolute Gasteiger partial charge is 0.223 e. The first-order chi connectivity index (χ1) is 12.7. The van der Waals surface area contributed by atoms with Crippen LogP contribution in [-0.4, -0.2) is 57.5 Å². The number of anilines is 1. The highest BCUT2D eigenvalue weighted by molar-refractivity contribution is 7.15. The molecule has 2 heterocycles. The highest BCUT2D eigenvalue weighted by Gasteiger charge is 2.38. The van der Waals surface area contributed by atoms with Crippen LogP contribution in [0.1, 0.15) is 36.3 Å². The first-order valence-electron chi connectivity index (χ1n) is 9.77. The Morgan fingerprint density at radius 3 is 2.92 bits per heavy atom. The number of fused-ring (bicyclic) bond motifs is 1. The Hall–Kier alpha value is -1.18. The van der Waals surface area contributed by atoms with Crippen LogP contribution in [-0.2, 0) is 27.1 Å². The maximum absolute atomic E-state index is 12.7. The molecule has 1 aromatic heterocycles. The molecule has 6 nitrogen and oxygen atoms in total. The number of aromatic nitrogens is 1. The number of ether oxygens (including phenoxy) is 2. The fraction of sp³-hybridized carbons (Fsp3) is 0.789. The van der Waals surface area contributed by atoms with Crippen LogP contribution in [0.4, 0.5) is 5.13 Å². The maximum atomic E-state index is 12.7. The molecule has 1 unspecified atom stereocenters. The Morgan fingerprint density at radius 2 is 2.23 bits per heavy atom. The fourth-order valence-corrected chi connectivity index (χ4v) is 5.41. The molecular weight excluding hydrogens is 350 g/mol. The minimum absolute atomic E-state index is 0.0572. The third-order valence-corrected chi connectivity index (χ3v) is 7.30. The second-order valence-electron chi connectivity index (χ2n) is 7.91. The molecule has 0 spiro atoms. The van der Waals surface area contributed by atoms with E-state index in [9.17, 15) is 4.79 Å².